The van der Waals surface area contributed by atoms with Gasteiger partial charge in [-0.3, -0.25) is 9.69 Å². The Hall–Kier alpha value is -1.48. The van der Waals surface area contributed by atoms with Gasteiger partial charge in [0.15, 0.2) is 0 Å². The highest BCUT2D eigenvalue weighted by Gasteiger charge is 2.44. The molecule has 3 fully saturated rings. The second-order valence-corrected chi connectivity index (χ2v) is 9.51. The van der Waals surface area contributed by atoms with Crippen LogP contribution >= 0.6 is 0 Å². The van der Waals surface area contributed by atoms with Gasteiger partial charge in [0, 0.05) is 44.9 Å². The van der Waals surface area contributed by atoms with Crippen LogP contribution in [0.15, 0.2) is 35.2 Å². The summed E-state index contributed by atoms with van der Waals surface area (Å²) in [6.07, 6.45) is 3.21. The van der Waals surface area contributed by atoms with Gasteiger partial charge in [0.1, 0.15) is 0 Å². The van der Waals surface area contributed by atoms with E-state index >= 15 is 0 Å². The minimum atomic E-state index is -3.51. The standard InChI is InChI=1S/C19H27N3O4S/c23-19(11-17-5-4-10-26-17)20-12-16-14-22(15-8-9-21(16)13-15)27(24,25)18-6-2-1-3-7-18/h1-3,6-7,15-17H,4-5,8-14H2,(H,20,23). The molecular weight excluding hydrogens is 366 g/mol. The van der Waals surface area contributed by atoms with Gasteiger partial charge in [0.05, 0.1) is 17.4 Å². The molecule has 1 aromatic carbocycles. The highest BCUT2D eigenvalue weighted by Crippen LogP contribution is 2.30. The number of hydrogen-bond donors (Lipinski definition) is 1. The number of piperazine rings is 1. The van der Waals surface area contributed by atoms with E-state index in [2.05, 4.69) is 10.2 Å². The lowest BCUT2D eigenvalue weighted by Crippen LogP contribution is -2.57. The molecule has 3 aliphatic heterocycles. The average Bonchev–Trinajstić information content (AvgIpc) is 3.32. The van der Waals surface area contributed by atoms with Crippen molar-refractivity contribution in [3.8, 4) is 0 Å². The van der Waals surface area contributed by atoms with Crippen LogP contribution in [-0.2, 0) is 19.6 Å². The van der Waals surface area contributed by atoms with Crippen molar-refractivity contribution < 1.29 is 17.9 Å². The number of fused-ring (bicyclic) bond motifs is 2. The Kier molecular flexibility index (Phi) is 5.50. The number of sulfonamides is 1. The molecule has 7 nitrogen and oxygen atoms in total. The second kappa shape index (κ2) is 7.87. The van der Waals surface area contributed by atoms with E-state index in [1.54, 1.807) is 28.6 Å². The fourth-order valence-corrected chi connectivity index (χ4v) is 6.04. The molecule has 3 aliphatic rings. The third kappa shape index (κ3) is 4.03. The molecular formula is C19H27N3O4S. The lowest BCUT2D eigenvalue weighted by molar-refractivity contribution is -0.123. The lowest BCUT2D eigenvalue weighted by Gasteiger charge is -2.39. The molecule has 4 unspecified atom stereocenters. The Morgan fingerprint density at radius 1 is 1.19 bits per heavy atom. The van der Waals surface area contributed by atoms with Crippen molar-refractivity contribution >= 4 is 15.9 Å². The van der Waals surface area contributed by atoms with Gasteiger partial charge in [-0.15, -0.1) is 0 Å². The molecule has 2 bridgehead atoms. The Labute approximate surface area is 160 Å². The first-order chi connectivity index (χ1) is 13.0. The number of ether oxygens (including phenoxy) is 1. The Morgan fingerprint density at radius 2 is 2.00 bits per heavy atom. The van der Waals surface area contributed by atoms with Crippen LogP contribution in [0.5, 0.6) is 0 Å². The van der Waals surface area contributed by atoms with Gasteiger partial charge in [0.2, 0.25) is 15.9 Å². The van der Waals surface area contributed by atoms with E-state index in [9.17, 15) is 13.2 Å². The fourth-order valence-electron chi connectivity index (χ4n) is 4.34. The SMILES string of the molecule is O=C(CC1CCCO1)NCC1CN(S(=O)(=O)c2ccccc2)C2CCN1C2. The van der Waals surface area contributed by atoms with Crippen molar-refractivity contribution in [3.63, 3.8) is 0 Å². The molecule has 3 saturated heterocycles. The number of nitrogens with one attached hydrogen (secondary N) is 1. The summed E-state index contributed by atoms with van der Waals surface area (Å²) in [5.74, 6) is -0.0133. The predicted molar refractivity (Wildman–Crippen MR) is 101 cm³/mol. The second-order valence-electron chi connectivity index (χ2n) is 7.62. The van der Waals surface area contributed by atoms with Crippen molar-refractivity contribution in [2.75, 3.05) is 32.8 Å². The number of hydrogen-bond acceptors (Lipinski definition) is 5. The van der Waals surface area contributed by atoms with Gasteiger partial charge in [-0.1, -0.05) is 18.2 Å². The van der Waals surface area contributed by atoms with E-state index in [1.165, 1.54) is 0 Å². The highest BCUT2D eigenvalue weighted by atomic mass is 32.2. The maximum absolute atomic E-state index is 13.1. The zero-order chi connectivity index (χ0) is 18.9. The highest BCUT2D eigenvalue weighted by molar-refractivity contribution is 7.89. The number of carbonyl (C=O) groups is 1. The topological polar surface area (TPSA) is 79.0 Å². The van der Waals surface area contributed by atoms with Crippen LogP contribution in [0.2, 0.25) is 0 Å². The maximum atomic E-state index is 13.1. The van der Waals surface area contributed by atoms with E-state index in [0.717, 1.165) is 39.0 Å². The molecule has 27 heavy (non-hydrogen) atoms. The smallest absolute Gasteiger partial charge is 0.243 e. The van der Waals surface area contributed by atoms with Crippen LogP contribution in [-0.4, -0.2) is 74.5 Å². The zero-order valence-electron chi connectivity index (χ0n) is 15.4. The third-order valence-corrected chi connectivity index (χ3v) is 7.76. The molecule has 0 spiro atoms. The molecule has 8 heteroatoms. The van der Waals surface area contributed by atoms with Gasteiger partial charge in [-0.25, -0.2) is 8.42 Å². The molecule has 0 radical (unpaired) electrons. The molecule has 4 atom stereocenters. The van der Waals surface area contributed by atoms with Gasteiger partial charge in [0.25, 0.3) is 0 Å². The summed E-state index contributed by atoms with van der Waals surface area (Å²) in [6.45, 7) is 3.24. The van der Waals surface area contributed by atoms with Crippen molar-refractivity contribution in [3.05, 3.63) is 30.3 Å². The Bertz CT molecular complexity index is 764. The third-order valence-electron chi connectivity index (χ3n) is 5.83. The summed E-state index contributed by atoms with van der Waals surface area (Å²) in [5, 5.41) is 2.99. The first-order valence-corrected chi connectivity index (χ1v) is 11.2. The molecule has 148 valence electrons. The van der Waals surface area contributed by atoms with Crippen molar-refractivity contribution in [1.29, 1.82) is 0 Å². The largest absolute Gasteiger partial charge is 0.378 e. The molecule has 1 N–H and O–H groups in total. The van der Waals surface area contributed by atoms with Crippen LogP contribution < -0.4 is 5.32 Å². The minimum Gasteiger partial charge on any atom is -0.378 e. The zero-order valence-corrected chi connectivity index (χ0v) is 16.2. The Morgan fingerprint density at radius 3 is 2.74 bits per heavy atom. The van der Waals surface area contributed by atoms with Gasteiger partial charge in [-0.05, 0) is 31.4 Å². The van der Waals surface area contributed by atoms with E-state index < -0.39 is 10.0 Å². The molecule has 1 amide bonds. The van der Waals surface area contributed by atoms with Crippen LogP contribution in [0.1, 0.15) is 25.7 Å². The van der Waals surface area contributed by atoms with E-state index in [1.807, 2.05) is 6.07 Å². The molecule has 0 aromatic heterocycles. The summed E-state index contributed by atoms with van der Waals surface area (Å²) < 4.78 is 33.3. The average molecular weight is 394 g/mol. The van der Waals surface area contributed by atoms with E-state index in [-0.39, 0.29) is 24.1 Å². The fraction of sp³-hybridized carbons (Fsp3) is 0.632. The number of amides is 1. The summed E-state index contributed by atoms with van der Waals surface area (Å²) in [6, 6.07) is 8.65. The van der Waals surface area contributed by atoms with Crippen LogP contribution in [0.3, 0.4) is 0 Å². The first-order valence-electron chi connectivity index (χ1n) is 9.73. The number of rotatable bonds is 6. The Balaban J connectivity index is 1.40. The van der Waals surface area contributed by atoms with Crippen LogP contribution in [0, 0.1) is 0 Å². The van der Waals surface area contributed by atoms with E-state index in [4.69, 9.17) is 4.74 Å². The summed E-state index contributed by atoms with van der Waals surface area (Å²) in [5.41, 5.74) is 0. The molecule has 3 heterocycles. The monoisotopic (exact) mass is 393 g/mol. The number of nitrogens with zero attached hydrogens (tertiary/aromatic N) is 2. The van der Waals surface area contributed by atoms with E-state index in [0.29, 0.717) is 24.4 Å². The van der Waals surface area contributed by atoms with Crippen molar-refractivity contribution in [2.45, 2.75) is 48.8 Å². The van der Waals surface area contributed by atoms with Gasteiger partial charge >= 0.3 is 0 Å². The van der Waals surface area contributed by atoms with Crippen molar-refractivity contribution in [2.24, 2.45) is 0 Å². The van der Waals surface area contributed by atoms with Crippen LogP contribution in [0.4, 0.5) is 0 Å². The summed E-state index contributed by atoms with van der Waals surface area (Å²) in [4.78, 5) is 14.8. The summed E-state index contributed by atoms with van der Waals surface area (Å²) in [7, 11) is -3.51. The first kappa shape index (κ1) is 18.9. The maximum Gasteiger partial charge on any atom is 0.243 e. The summed E-state index contributed by atoms with van der Waals surface area (Å²) >= 11 is 0. The van der Waals surface area contributed by atoms with Gasteiger partial charge < -0.3 is 10.1 Å². The number of benzene rings is 1. The normalized spacial score (nSPS) is 31.1. The quantitative estimate of drug-likeness (QED) is 0.774. The number of carbonyl (C=O) groups excluding carboxylic acids is 1. The molecule has 1 aromatic rings. The minimum absolute atomic E-state index is 0.00989. The van der Waals surface area contributed by atoms with Crippen molar-refractivity contribution in [1.82, 2.24) is 14.5 Å². The van der Waals surface area contributed by atoms with Crippen LogP contribution in [0.25, 0.3) is 0 Å². The van der Waals surface area contributed by atoms with Gasteiger partial charge in [-0.2, -0.15) is 4.31 Å². The lowest BCUT2D eigenvalue weighted by atomic mass is 10.1. The molecule has 0 aliphatic carbocycles. The molecule has 4 rings (SSSR count). The predicted octanol–water partition coefficient (Wildman–Crippen LogP) is 0.819. The molecule has 0 saturated carbocycles.